The van der Waals surface area contributed by atoms with Gasteiger partial charge in [0, 0.05) is 13.0 Å². The molecule has 0 saturated heterocycles. The lowest BCUT2D eigenvalue weighted by Crippen LogP contribution is -2.23. The predicted octanol–water partition coefficient (Wildman–Crippen LogP) is 4.54. The van der Waals surface area contributed by atoms with Crippen LogP contribution in [0.25, 0.3) is 11.0 Å². The van der Waals surface area contributed by atoms with E-state index in [1.807, 2.05) is 25.1 Å². The van der Waals surface area contributed by atoms with Crippen LogP contribution in [0.3, 0.4) is 0 Å². The number of carbonyl (C=O) groups excluding carboxylic acids is 1. The maximum absolute atomic E-state index is 11.6. The van der Waals surface area contributed by atoms with Gasteiger partial charge in [0.1, 0.15) is 11.6 Å². The standard InChI is InChI=1S/C23H29N3O2/c1-4-22(27)24-16-21-25-19-12-5-6-13-20(19)26(21)14-7-8-15-28-23-17(2)10-9-11-18(23)3/h5-6,9-13H,4,7-8,14-16H2,1-3H3,(H,24,27). The van der Waals surface area contributed by atoms with Gasteiger partial charge < -0.3 is 14.6 Å². The summed E-state index contributed by atoms with van der Waals surface area (Å²) < 4.78 is 8.23. The van der Waals surface area contributed by atoms with Crippen molar-refractivity contribution in [3.63, 3.8) is 0 Å². The number of para-hydroxylation sites is 3. The molecular weight excluding hydrogens is 350 g/mol. The molecule has 0 atom stereocenters. The summed E-state index contributed by atoms with van der Waals surface area (Å²) >= 11 is 0. The number of benzene rings is 2. The third-order valence-corrected chi connectivity index (χ3v) is 4.93. The highest BCUT2D eigenvalue weighted by atomic mass is 16.5. The van der Waals surface area contributed by atoms with E-state index in [2.05, 4.69) is 48.0 Å². The summed E-state index contributed by atoms with van der Waals surface area (Å²) in [6.07, 6.45) is 2.43. The van der Waals surface area contributed by atoms with E-state index in [9.17, 15) is 4.79 Å². The molecule has 28 heavy (non-hydrogen) atoms. The Labute approximate surface area is 166 Å². The fraction of sp³-hybridized carbons (Fsp3) is 0.391. The molecule has 148 valence electrons. The number of unbranched alkanes of at least 4 members (excludes halogenated alkanes) is 1. The van der Waals surface area contributed by atoms with Crippen molar-refractivity contribution in [2.45, 2.75) is 53.1 Å². The van der Waals surface area contributed by atoms with Crippen LogP contribution in [0.1, 0.15) is 43.1 Å². The Bertz CT molecular complexity index is 926. The monoisotopic (exact) mass is 379 g/mol. The van der Waals surface area contributed by atoms with E-state index in [1.54, 1.807) is 0 Å². The zero-order valence-corrected chi connectivity index (χ0v) is 17.0. The van der Waals surface area contributed by atoms with Gasteiger partial charge in [-0.3, -0.25) is 4.79 Å². The summed E-state index contributed by atoms with van der Waals surface area (Å²) in [6, 6.07) is 14.3. The topological polar surface area (TPSA) is 56.2 Å². The molecule has 0 unspecified atom stereocenters. The average Bonchev–Trinajstić information content (AvgIpc) is 3.05. The third-order valence-electron chi connectivity index (χ3n) is 4.93. The van der Waals surface area contributed by atoms with Crippen LogP contribution in [0.4, 0.5) is 0 Å². The molecule has 0 radical (unpaired) electrons. The number of hydrogen-bond donors (Lipinski definition) is 1. The van der Waals surface area contributed by atoms with Crippen LogP contribution < -0.4 is 10.1 Å². The van der Waals surface area contributed by atoms with Crippen molar-refractivity contribution in [3.05, 3.63) is 59.4 Å². The fourth-order valence-electron chi connectivity index (χ4n) is 3.39. The van der Waals surface area contributed by atoms with E-state index >= 15 is 0 Å². The van der Waals surface area contributed by atoms with E-state index in [0.29, 0.717) is 19.6 Å². The van der Waals surface area contributed by atoms with Crippen LogP contribution in [0, 0.1) is 13.8 Å². The molecule has 1 amide bonds. The van der Waals surface area contributed by atoms with Gasteiger partial charge in [0.25, 0.3) is 0 Å². The van der Waals surface area contributed by atoms with Gasteiger partial charge in [-0.25, -0.2) is 4.98 Å². The fourth-order valence-corrected chi connectivity index (χ4v) is 3.39. The van der Waals surface area contributed by atoms with Gasteiger partial charge in [0.2, 0.25) is 5.91 Å². The van der Waals surface area contributed by atoms with Gasteiger partial charge in [-0.2, -0.15) is 0 Å². The van der Waals surface area contributed by atoms with Crippen LogP contribution in [0.2, 0.25) is 0 Å². The minimum absolute atomic E-state index is 0.0422. The molecule has 0 aliphatic rings. The summed E-state index contributed by atoms with van der Waals surface area (Å²) in [5, 5.41) is 2.94. The van der Waals surface area contributed by atoms with Gasteiger partial charge >= 0.3 is 0 Å². The highest BCUT2D eigenvalue weighted by Gasteiger charge is 2.11. The molecule has 0 fully saturated rings. The number of imidazole rings is 1. The zero-order valence-electron chi connectivity index (χ0n) is 17.0. The van der Waals surface area contributed by atoms with Crippen LogP contribution in [-0.4, -0.2) is 22.1 Å². The summed E-state index contributed by atoms with van der Waals surface area (Å²) in [7, 11) is 0. The molecule has 0 saturated carbocycles. The SMILES string of the molecule is CCC(=O)NCc1nc2ccccc2n1CCCCOc1c(C)cccc1C. The van der Waals surface area contributed by atoms with Gasteiger partial charge in [0.05, 0.1) is 24.2 Å². The first-order chi connectivity index (χ1) is 13.6. The third kappa shape index (κ3) is 4.71. The number of carbonyl (C=O) groups is 1. The second-order valence-electron chi connectivity index (χ2n) is 7.08. The lowest BCUT2D eigenvalue weighted by molar-refractivity contribution is -0.120. The maximum Gasteiger partial charge on any atom is 0.220 e. The Morgan fingerprint density at radius 1 is 1.07 bits per heavy atom. The summed E-state index contributed by atoms with van der Waals surface area (Å²) in [5.74, 6) is 1.94. The summed E-state index contributed by atoms with van der Waals surface area (Å²) in [6.45, 7) is 8.02. The molecule has 0 spiro atoms. The molecule has 3 rings (SSSR count). The summed E-state index contributed by atoms with van der Waals surface area (Å²) in [4.78, 5) is 16.3. The van der Waals surface area contributed by atoms with Crippen molar-refractivity contribution in [2.75, 3.05) is 6.61 Å². The van der Waals surface area contributed by atoms with E-state index in [0.717, 1.165) is 42.0 Å². The quantitative estimate of drug-likeness (QED) is 0.555. The molecule has 5 nitrogen and oxygen atoms in total. The van der Waals surface area contributed by atoms with Crippen molar-refractivity contribution in [1.82, 2.24) is 14.9 Å². The Morgan fingerprint density at radius 2 is 1.82 bits per heavy atom. The predicted molar refractivity (Wildman–Crippen MR) is 113 cm³/mol. The molecule has 3 aromatic rings. The van der Waals surface area contributed by atoms with Crippen LogP contribution in [-0.2, 0) is 17.9 Å². The Hall–Kier alpha value is -2.82. The number of rotatable bonds is 9. The first-order valence-corrected chi connectivity index (χ1v) is 10.00. The number of nitrogens with one attached hydrogen (secondary N) is 1. The molecule has 5 heteroatoms. The maximum atomic E-state index is 11.6. The Morgan fingerprint density at radius 3 is 2.57 bits per heavy atom. The van der Waals surface area contributed by atoms with E-state index in [1.165, 1.54) is 11.1 Å². The Balaban J connectivity index is 1.60. The van der Waals surface area contributed by atoms with E-state index < -0.39 is 0 Å². The van der Waals surface area contributed by atoms with Gasteiger partial charge in [-0.15, -0.1) is 0 Å². The first kappa shape index (κ1) is 19.9. The molecule has 0 bridgehead atoms. The highest BCUT2D eigenvalue weighted by molar-refractivity contribution is 5.77. The molecular formula is C23H29N3O2. The van der Waals surface area contributed by atoms with Crippen LogP contribution >= 0.6 is 0 Å². The van der Waals surface area contributed by atoms with Crippen molar-refractivity contribution >= 4 is 16.9 Å². The second-order valence-corrected chi connectivity index (χ2v) is 7.08. The highest BCUT2D eigenvalue weighted by Crippen LogP contribution is 2.23. The average molecular weight is 380 g/mol. The molecule has 1 N–H and O–H groups in total. The molecule has 1 aromatic heterocycles. The smallest absolute Gasteiger partial charge is 0.220 e. The van der Waals surface area contributed by atoms with Crippen molar-refractivity contribution in [3.8, 4) is 5.75 Å². The lowest BCUT2D eigenvalue weighted by atomic mass is 10.1. The largest absolute Gasteiger partial charge is 0.493 e. The molecule has 0 aliphatic heterocycles. The van der Waals surface area contributed by atoms with Gasteiger partial charge in [0.15, 0.2) is 0 Å². The Kier molecular flexibility index (Phi) is 6.69. The number of ether oxygens (including phenoxy) is 1. The second kappa shape index (κ2) is 9.40. The minimum atomic E-state index is 0.0422. The number of hydrogen-bond acceptors (Lipinski definition) is 3. The molecule has 2 aromatic carbocycles. The van der Waals surface area contributed by atoms with Gasteiger partial charge in [-0.05, 0) is 49.9 Å². The van der Waals surface area contributed by atoms with Crippen molar-refractivity contribution in [2.24, 2.45) is 0 Å². The van der Waals surface area contributed by atoms with Crippen molar-refractivity contribution in [1.29, 1.82) is 0 Å². The number of fused-ring (bicyclic) bond motifs is 1. The van der Waals surface area contributed by atoms with E-state index in [4.69, 9.17) is 9.72 Å². The van der Waals surface area contributed by atoms with Crippen LogP contribution in [0.5, 0.6) is 5.75 Å². The number of aromatic nitrogens is 2. The molecule has 1 heterocycles. The zero-order chi connectivity index (χ0) is 19.9. The van der Waals surface area contributed by atoms with Gasteiger partial charge in [-0.1, -0.05) is 37.3 Å². The normalized spacial score (nSPS) is 11.0. The first-order valence-electron chi connectivity index (χ1n) is 10.00. The van der Waals surface area contributed by atoms with Crippen molar-refractivity contribution < 1.29 is 9.53 Å². The number of nitrogens with zero attached hydrogens (tertiary/aromatic N) is 2. The summed E-state index contributed by atoms with van der Waals surface area (Å²) in [5.41, 5.74) is 4.43. The minimum Gasteiger partial charge on any atom is -0.493 e. The van der Waals surface area contributed by atoms with E-state index in [-0.39, 0.29) is 5.91 Å². The lowest BCUT2D eigenvalue weighted by Gasteiger charge is -2.13. The van der Waals surface area contributed by atoms with Crippen LogP contribution in [0.15, 0.2) is 42.5 Å². The number of aryl methyl sites for hydroxylation is 3. The number of amides is 1. The molecule has 0 aliphatic carbocycles.